The van der Waals surface area contributed by atoms with Crippen LogP contribution in [0.3, 0.4) is 0 Å². The topological polar surface area (TPSA) is 18.5 Å². The first-order valence-electron chi connectivity index (χ1n) is 3.80. The third-order valence-corrected chi connectivity index (χ3v) is 1.70. The van der Waals surface area contributed by atoms with Gasteiger partial charge in [-0.1, -0.05) is 11.6 Å². The van der Waals surface area contributed by atoms with Crippen molar-refractivity contribution in [3.63, 3.8) is 0 Å². The summed E-state index contributed by atoms with van der Waals surface area (Å²) >= 11 is 5.72. The zero-order chi connectivity index (χ0) is 9.68. The van der Waals surface area contributed by atoms with Gasteiger partial charge in [0.15, 0.2) is 11.5 Å². The first-order chi connectivity index (χ1) is 6.27. The molecule has 0 radical (unpaired) electrons. The highest BCUT2D eigenvalue weighted by Gasteiger charge is 2.03. The Morgan fingerprint density at radius 1 is 1.38 bits per heavy atom. The second kappa shape index (κ2) is 4.92. The molecule has 0 heterocycles. The van der Waals surface area contributed by atoms with E-state index in [-0.39, 0.29) is 6.61 Å². The van der Waals surface area contributed by atoms with Crippen LogP contribution >= 0.6 is 11.6 Å². The minimum atomic E-state index is -0.522. The van der Waals surface area contributed by atoms with E-state index >= 15 is 0 Å². The Morgan fingerprint density at radius 2 is 2.15 bits per heavy atom. The number of ether oxygens (including phenoxy) is 2. The molecule has 0 N–H and O–H groups in total. The van der Waals surface area contributed by atoms with Crippen molar-refractivity contribution in [2.24, 2.45) is 0 Å². The molecule has 0 bridgehead atoms. The molecule has 1 rings (SSSR count). The van der Waals surface area contributed by atoms with E-state index in [4.69, 9.17) is 21.1 Å². The predicted molar refractivity (Wildman–Crippen MR) is 49.5 cm³/mol. The summed E-state index contributed by atoms with van der Waals surface area (Å²) in [6.07, 6.45) is 0. The van der Waals surface area contributed by atoms with Crippen LogP contribution in [-0.4, -0.2) is 20.4 Å². The molecule has 0 aromatic heterocycles. The summed E-state index contributed by atoms with van der Waals surface area (Å²) in [7, 11) is 1.51. The molecule has 0 saturated carbocycles. The minimum absolute atomic E-state index is 0.0258. The van der Waals surface area contributed by atoms with Crippen LogP contribution in [0.25, 0.3) is 0 Å². The molecule has 0 atom stereocenters. The molecule has 1 aromatic carbocycles. The molecule has 13 heavy (non-hydrogen) atoms. The molecule has 4 heteroatoms. The predicted octanol–water partition coefficient (Wildman–Crippen LogP) is 2.70. The lowest BCUT2D eigenvalue weighted by atomic mass is 10.3. The molecule has 0 fully saturated rings. The van der Waals surface area contributed by atoms with Crippen LogP contribution < -0.4 is 9.47 Å². The standard InChI is InChI=1S/C9H10ClFO2/c1-12-9-6-7(10)2-3-8(9)13-5-4-11/h2-3,6H,4-5H2,1H3. The number of hydrogen-bond donors (Lipinski definition) is 0. The third-order valence-electron chi connectivity index (χ3n) is 1.46. The summed E-state index contributed by atoms with van der Waals surface area (Å²) in [4.78, 5) is 0. The minimum Gasteiger partial charge on any atom is -0.493 e. The fourth-order valence-corrected chi connectivity index (χ4v) is 1.07. The van der Waals surface area contributed by atoms with Gasteiger partial charge in [-0.3, -0.25) is 0 Å². The monoisotopic (exact) mass is 204 g/mol. The molecular formula is C9H10ClFO2. The Balaban J connectivity index is 2.79. The van der Waals surface area contributed by atoms with E-state index in [0.29, 0.717) is 16.5 Å². The summed E-state index contributed by atoms with van der Waals surface area (Å²) in [6.45, 7) is -0.496. The fourth-order valence-electron chi connectivity index (χ4n) is 0.909. The van der Waals surface area contributed by atoms with Crippen LogP contribution in [0.5, 0.6) is 11.5 Å². The lowest BCUT2D eigenvalue weighted by Gasteiger charge is -2.08. The second-order valence-corrected chi connectivity index (χ2v) is 2.77. The van der Waals surface area contributed by atoms with E-state index in [0.717, 1.165) is 0 Å². The summed E-state index contributed by atoms with van der Waals surface area (Å²) in [5.74, 6) is 1.02. The molecule has 1 aromatic rings. The SMILES string of the molecule is COc1cc(Cl)ccc1OCCF. The summed E-state index contributed by atoms with van der Waals surface area (Å²) < 4.78 is 21.9. The van der Waals surface area contributed by atoms with Gasteiger partial charge in [0.05, 0.1) is 7.11 Å². The molecule has 72 valence electrons. The lowest BCUT2D eigenvalue weighted by Crippen LogP contribution is -2.00. The van der Waals surface area contributed by atoms with Crippen molar-refractivity contribution in [1.29, 1.82) is 0 Å². The first-order valence-corrected chi connectivity index (χ1v) is 4.18. The normalized spacial score (nSPS) is 9.77. The average Bonchev–Trinajstić information content (AvgIpc) is 2.16. The van der Waals surface area contributed by atoms with E-state index in [2.05, 4.69) is 0 Å². The van der Waals surface area contributed by atoms with Gasteiger partial charge in [0.2, 0.25) is 0 Å². The van der Waals surface area contributed by atoms with Gasteiger partial charge in [-0.05, 0) is 12.1 Å². The van der Waals surface area contributed by atoms with Crippen LogP contribution in [0.15, 0.2) is 18.2 Å². The van der Waals surface area contributed by atoms with Crippen molar-refractivity contribution >= 4 is 11.6 Å². The van der Waals surface area contributed by atoms with Crippen molar-refractivity contribution < 1.29 is 13.9 Å². The number of halogens is 2. The lowest BCUT2D eigenvalue weighted by molar-refractivity contribution is 0.260. The van der Waals surface area contributed by atoms with E-state index in [1.54, 1.807) is 18.2 Å². The van der Waals surface area contributed by atoms with Crippen LogP contribution in [0.2, 0.25) is 5.02 Å². The highest BCUT2D eigenvalue weighted by atomic mass is 35.5. The van der Waals surface area contributed by atoms with Crippen LogP contribution in [0.4, 0.5) is 4.39 Å². The number of alkyl halides is 1. The van der Waals surface area contributed by atoms with Crippen molar-refractivity contribution in [3.8, 4) is 11.5 Å². The smallest absolute Gasteiger partial charge is 0.162 e. The Hall–Kier alpha value is -0.960. The van der Waals surface area contributed by atoms with Gasteiger partial charge in [-0.15, -0.1) is 0 Å². The van der Waals surface area contributed by atoms with Crippen molar-refractivity contribution in [3.05, 3.63) is 23.2 Å². The molecule has 0 aliphatic heterocycles. The maximum atomic E-state index is 11.8. The molecule has 0 unspecified atom stereocenters. The second-order valence-electron chi connectivity index (χ2n) is 2.33. The third kappa shape index (κ3) is 2.77. The Kier molecular flexibility index (Phi) is 3.83. The van der Waals surface area contributed by atoms with E-state index in [1.165, 1.54) is 7.11 Å². The Labute approximate surface area is 81.2 Å². The molecule has 0 aliphatic rings. The maximum Gasteiger partial charge on any atom is 0.162 e. The van der Waals surface area contributed by atoms with Gasteiger partial charge in [0, 0.05) is 11.1 Å². The van der Waals surface area contributed by atoms with Gasteiger partial charge < -0.3 is 9.47 Å². The van der Waals surface area contributed by atoms with Gasteiger partial charge >= 0.3 is 0 Å². The van der Waals surface area contributed by atoms with E-state index < -0.39 is 6.67 Å². The van der Waals surface area contributed by atoms with Crippen LogP contribution in [0, 0.1) is 0 Å². The quantitative estimate of drug-likeness (QED) is 0.751. The van der Waals surface area contributed by atoms with Crippen molar-refractivity contribution in [2.45, 2.75) is 0 Å². The fraction of sp³-hybridized carbons (Fsp3) is 0.333. The van der Waals surface area contributed by atoms with Gasteiger partial charge in [-0.2, -0.15) is 0 Å². The highest BCUT2D eigenvalue weighted by molar-refractivity contribution is 6.30. The summed E-state index contributed by atoms with van der Waals surface area (Å²) in [5.41, 5.74) is 0. The summed E-state index contributed by atoms with van der Waals surface area (Å²) in [5, 5.41) is 0.560. The van der Waals surface area contributed by atoms with Crippen LogP contribution in [0.1, 0.15) is 0 Å². The highest BCUT2D eigenvalue weighted by Crippen LogP contribution is 2.29. The number of hydrogen-bond acceptors (Lipinski definition) is 2. The van der Waals surface area contributed by atoms with Crippen molar-refractivity contribution in [2.75, 3.05) is 20.4 Å². The Morgan fingerprint density at radius 3 is 2.77 bits per heavy atom. The maximum absolute atomic E-state index is 11.8. The molecular weight excluding hydrogens is 195 g/mol. The van der Waals surface area contributed by atoms with Crippen LogP contribution in [-0.2, 0) is 0 Å². The molecule has 0 saturated heterocycles. The number of methoxy groups -OCH3 is 1. The number of rotatable bonds is 4. The van der Waals surface area contributed by atoms with Gasteiger partial charge in [-0.25, -0.2) is 4.39 Å². The molecule has 0 aliphatic carbocycles. The largest absolute Gasteiger partial charge is 0.493 e. The molecule has 2 nitrogen and oxygen atoms in total. The molecule has 0 spiro atoms. The van der Waals surface area contributed by atoms with E-state index in [1.807, 2.05) is 0 Å². The Bertz CT molecular complexity index is 278. The number of benzene rings is 1. The van der Waals surface area contributed by atoms with Gasteiger partial charge in [0.1, 0.15) is 13.3 Å². The zero-order valence-corrected chi connectivity index (χ0v) is 7.97. The summed E-state index contributed by atoms with van der Waals surface area (Å²) in [6, 6.07) is 4.93. The van der Waals surface area contributed by atoms with E-state index in [9.17, 15) is 4.39 Å². The average molecular weight is 205 g/mol. The first kappa shape index (κ1) is 10.1. The zero-order valence-electron chi connectivity index (χ0n) is 7.22. The van der Waals surface area contributed by atoms with Gasteiger partial charge in [0.25, 0.3) is 0 Å². The molecule has 0 amide bonds. The van der Waals surface area contributed by atoms with Crippen molar-refractivity contribution in [1.82, 2.24) is 0 Å².